The first-order chi connectivity index (χ1) is 19.8. The quantitative estimate of drug-likeness (QED) is 0.212. The number of carbonyl (C=O) groups excluding carboxylic acids is 1. The third kappa shape index (κ3) is 8.38. The van der Waals surface area contributed by atoms with Gasteiger partial charge in [0, 0.05) is 17.0 Å². The Hall–Kier alpha value is -3.83. The fourth-order valence-electron chi connectivity index (χ4n) is 4.32. The monoisotopic (exact) mass is 612 g/mol. The van der Waals surface area contributed by atoms with E-state index >= 15 is 0 Å². The first-order valence-electron chi connectivity index (χ1n) is 14.3. The number of carbonyl (C=O) groups is 2. The summed E-state index contributed by atoms with van der Waals surface area (Å²) < 4.78 is 18.5. The SMILES string of the molecule is CCOc1cc(C(=O)O)ccc1CN(C[C@H](O[Si](C)(C)C(C)(C)C)c1ccc(O)c2[nH]c(=O)ccc12)C(=O)OC(C)(C)C. The number of fused-ring (bicyclic) bond motifs is 1. The van der Waals surface area contributed by atoms with Crippen LogP contribution in [0.5, 0.6) is 11.5 Å². The van der Waals surface area contributed by atoms with E-state index in [-0.39, 0.29) is 40.5 Å². The molecule has 10 nitrogen and oxygen atoms in total. The third-order valence-electron chi connectivity index (χ3n) is 7.51. The number of rotatable bonds is 10. The van der Waals surface area contributed by atoms with E-state index in [2.05, 4.69) is 38.8 Å². The number of H-pyrrole nitrogens is 1. The van der Waals surface area contributed by atoms with Gasteiger partial charge in [-0.3, -0.25) is 4.79 Å². The first-order valence-corrected chi connectivity index (χ1v) is 17.2. The van der Waals surface area contributed by atoms with E-state index in [4.69, 9.17) is 13.9 Å². The lowest BCUT2D eigenvalue weighted by Crippen LogP contribution is -2.45. The van der Waals surface area contributed by atoms with E-state index < -0.39 is 32.1 Å². The molecular weight excluding hydrogens is 568 g/mol. The third-order valence-corrected chi connectivity index (χ3v) is 12.0. The zero-order valence-electron chi connectivity index (χ0n) is 26.5. The van der Waals surface area contributed by atoms with E-state index in [1.807, 2.05) is 0 Å². The van der Waals surface area contributed by atoms with Crippen LogP contribution in [-0.2, 0) is 15.7 Å². The van der Waals surface area contributed by atoms with Gasteiger partial charge in [-0.15, -0.1) is 0 Å². The van der Waals surface area contributed by atoms with Gasteiger partial charge in [-0.25, -0.2) is 9.59 Å². The number of carboxylic acid groups (broad SMARTS) is 1. The molecule has 1 heterocycles. The van der Waals surface area contributed by atoms with Crippen molar-refractivity contribution in [3.8, 4) is 11.5 Å². The number of carboxylic acids is 1. The second-order valence-corrected chi connectivity index (χ2v) is 17.8. The van der Waals surface area contributed by atoms with Crippen LogP contribution in [0.2, 0.25) is 18.1 Å². The van der Waals surface area contributed by atoms with Gasteiger partial charge in [0.1, 0.15) is 17.1 Å². The number of amides is 1. The number of aromatic carboxylic acids is 1. The summed E-state index contributed by atoms with van der Waals surface area (Å²) in [5.74, 6) is -0.812. The number of aromatic hydroxyl groups is 1. The number of nitrogens with one attached hydrogen (secondary N) is 1. The molecule has 0 saturated heterocycles. The lowest BCUT2D eigenvalue weighted by atomic mass is 10.0. The lowest BCUT2D eigenvalue weighted by molar-refractivity contribution is 0.0136. The highest BCUT2D eigenvalue weighted by Gasteiger charge is 2.41. The fraction of sp³-hybridized carbons (Fsp3) is 0.469. The van der Waals surface area contributed by atoms with Crippen molar-refractivity contribution >= 4 is 31.3 Å². The van der Waals surface area contributed by atoms with Crippen LogP contribution in [0.1, 0.15) is 76.1 Å². The van der Waals surface area contributed by atoms with Crippen molar-refractivity contribution in [1.82, 2.24) is 9.88 Å². The molecular formula is C32H44N2O8Si. The van der Waals surface area contributed by atoms with Gasteiger partial charge in [0.05, 0.1) is 36.9 Å². The highest BCUT2D eigenvalue weighted by atomic mass is 28.4. The minimum Gasteiger partial charge on any atom is -0.506 e. The molecule has 2 aromatic carbocycles. The number of aromatic nitrogens is 1. The topological polar surface area (TPSA) is 138 Å². The predicted molar refractivity (Wildman–Crippen MR) is 168 cm³/mol. The molecule has 0 saturated carbocycles. The highest BCUT2D eigenvalue weighted by Crippen LogP contribution is 2.42. The minimum atomic E-state index is -2.45. The van der Waals surface area contributed by atoms with Gasteiger partial charge in [-0.05, 0) is 75.7 Å². The molecule has 0 spiro atoms. The zero-order valence-corrected chi connectivity index (χ0v) is 27.5. The molecule has 0 aliphatic heterocycles. The van der Waals surface area contributed by atoms with Crippen LogP contribution in [0.4, 0.5) is 4.79 Å². The van der Waals surface area contributed by atoms with Crippen molar-refractivity contribution in [1.29, 1.82) is 0 Å². The Morgan fingerprint density at radius 1 is 1.02 bits per heavy atom. The van der Waals surface area contributed by atoms with Gasteiger partial charge in [-0.2, -0.15) is 0 Å². The van der Waals surface area contributed by atoms with Gasteiger partial charge in [0.2, 0.25) is 5.56 Å². The summed E-state index contributed by atoms with van der Waals surface area (Å²) in [5.41, 5.74) is 0.495. The molecule has 3 rings (SSSR count). The van der Waals surface area contributed by atoms with Crippen molar-refractivity contribution in [3.05, 3.63) is 69.5 Å². The summed E-state index contributed by atoms with van der Waals surface area (Å²) in [6.07, 6.45) is -1.26. The number of hydrogen-bond acceptors (Lipinski definition) is 7. The summed E-state index contributed by atoms with van der Waals surface area (Å²) >= 11 is 0. The second kappa shape index (κ2) is 12.8. The summed E-state index contributed by atoms with van der Waals surface area (Å²) in [5, 5.41) is 20.5. The van der Waals surface area contributed by atoms with Crippen LogP contribution in [-0.4, -0.2) is 59.2 Å². The molecule has 1 amide bonds. The van der Waals surface area contributed by atoms with Crippen LogP contribution >= 0.6 is 0 Å². The number of aromatic amines is 1. The van der Waals surface area contributed by atoms with E-state index in [0.717, 1.165) is 0 Å². The van der Waals surface area contributed by atoms with E-state index in [0.29, 0.717) is 28.9 Å². The Morgan fingerprint density at radius 3 is 2.28 bits per heavy atom. The Balaban J connectivity index is 2.18. The first kappa shape index (κ1) is 33.7. The molecule has 11 heteroatoms. The molecule has 1 atom stereocenters. The summed E-state index contributed by atoms with van der Waals surface area (Å²) in [4.78, 5) is 41.7. The summed E-state index contributed by atoms with van der Waals surface area (Å²) in [6, 6.07) is 10.8. The Labute approximate surface area is 253 Å². The van der Waals surface area contributed by atoms with Gasteiger partial charge < -0.3 is 34.0 Å². The maximum absolute atomic E-state index is 13.7. The van der Waals surface area contributed by atoms with Crippen LogP contribution in [0.25, 0.3) is 10.9 Å². The number of pyridine rings is 1. The molecule has 3 aromatic rings. The molecule has 43 heavy (non-hydrogen) atoms. The van der Waals surface area contributed by atoms with Crippen LogP contribution in [0, 0.1) is 0 Å². The van der Waals surface area contributed by atoms with E-state index in [9.17, 15) is 24.6 Å². The average Bonchev–Trinajstić information content (AvgIpc) is 2.87. The van der Waals surface area contributed by atoms with Gasteiger partial charge in [-0.1, -0.05) is 32.9 Å². The second-order valence-electron chi connectivity index (χ2n) is 13.1. The standard InChI is InChI=1S/C32H44N2O8Si/c1-10-40-25-17-20(29(37)38)11-12-21(25)18-34(30(39)41-31(2,3)4)19-26(42-43(8,9)32(5,6)7)22-13-15-24(35)28-23(22)14-16-27(36)33-28/h11-17,26,35H,10,18-19H2,1-9H3,(H,33,36)(H,37,38)/t26-/m0/s1. The maximum Gasteiger partial charge on any atom is 0.410 e. The number of phenolic OH excluding ortho intramolecular Hbond substituents is 1. The Kier molecular flexibility index (Phi) is 10.0. The number of phenols is 1. The van der Waals surface area contributed by atoms with Crippen LogP contribution in [0.3, 0.4) is 0 Å². The van der Waals surface area contributed by atoms with Crippen molar-refractivity contribution in [2.45, 2.75) is 84.8 Å². The Bertz CT molecular complexity index is 1540. The molecule has 0 fully saturated rings. The molecule has 0 unspecified atom stereocenters. The largest absolute Gasteiger partial charge is 0.506 e. The van der Waals surface area contributed by atoms with Gasteiger partial charge in [0.15, 0.2) is 8.32 Å². The number of ether oxygens (including phenoxy) is 2. The summed E-state index contributed by atoms with van der Waals surface area (Å²) in [6.45, 7) is 18.1. The highest BCUT2D eigenvalue weighted by molar-refractivity contribution is 6.74. The van der Waals surface area contributed by atoms with Crippen molar-refractivity contribution in [2.24, 2.45) is 0 Å². The maximum atomic E-state index is 13.7. The van der Waals surface area contributed by atoms with Crippen LogP contribution in [0.15, 0.2) is 47.3 Å². The number of nitrogens with zero attached hydrogens (tertiary/aromatic N) is 1. The van der Waals surface area contributed by atoms with Gasteiger partial charge >= 0.3 is 12.1 Å². The smallest absolute Gasteiger partial charge is 0.410 e. The zero-order chi connectivity index (χ0) is 32.3. The molecule has 1 aromatic heterocycles. The van der Waals surface area contributed by atoms with E-state index in [1.54, 1.807) is 45.9 Å². The van der Waals surface area contributed by atoms with Crippen molar-refractivity contribution in [3.63, 3.8) is 0 Å². The molecule has 0 aliphatic rings. The predicted octanol–water partition coefficient (Wildman–Crippen LogP) is 6.83. The number of benzene rings is 2. The Morgan fingerprint density at radius 2 is 1.70 bits per heavy atom. The molecule has 0 aliphatic carbocycles. The summed E-state index contributed by atoms with van der Waals surface area (Å²) in [7, 11) is -2.45. The van der Waals surface area contributed by atoms with Crippen LogP contribution < -0.4 is 10.3 Å². The fourth-order valence-corrected chi connectivity index (χ4v) is 5.58. The van der Waals surface area contributed by atoms with Crippen molar-refractivity contribution < 1.29 is 33.7 Å². The minimum absolute atomic E-state index is 0.0500. The molecule has 234 valence electrons. The van der Waals surface area contributed by atoms with E-state index in [1.165, 1.54) is 29.2 Å². The molecule has 3 N–H and O–H groups in total. The normalized spacial score (nSPS) is 13.0. The average molecular weight is 613 g/mol. The van der Waals surface area contributed by atoms with Gasteiger partial charge in [0.25, 0.3) is 0 Å². The number of hydrogen-bond donors (Lipinski definition) is 3. The lowest BCUT2D eigenvalue weighted by Gasteiger charge is -2.41. The van der Waals surface area contributed by atoms with Crippen molar-refractivity contribution in [2.75, 3.05) is 13.2 Å². The molecule has 0 bridgehead atoms. The molecule has 0 radical (unpaired) electrons.